The van der Waals surface area contributed by atoms with Crippen LogP contribution in [0.1, 0.15) is 22.8 Å². The van der Waals surface area contributed by atoms with E-state index in [4.69, 9.17) is 11.6 Å². The number of anilines is 1. The van der Waals surface area contributed by atoms with Crippen LogP contribution >= 0.6 is 11.6 Å². The molecule has 0 bridgehead atoms. The predicted molar refractivity (Wildman–Crippen MR) is 102 cm³/mol. The second kappa shape index (κ2) is 7.72. The van der Waals surface area contributed by atoms with Crippen LogP contribution in [-0.2, 0) is 11.2 Å². The van der Waals surface area contributed by atoms with Gasteiger partial charge in [0.05, 0.1) is 6.10 Å². The zero-order valence-electron chi connectivity index (χ0n) is 14.1. The Morgan fingerprint density at radius 2 is 2.16 bits per heavy atom. The van der Waals surface area contributed by atoms with Crippen molar-refractivity contribution in [3.05, 3.63) is 70.3 Å². The topological polar surface area (TPSA) is 52.6 Å². The Hall–Kier alpha value is -2.30. The van der Waals surface area contributed by atoms with Gasteiger partial charge in [0.2, 0.25) is 5.91 Å². The first-order chi connectivity index (χ1) is 12.0. The molecule has 2 aromatic rings. The average Bonchev–Trinajstić information content (AvgIpc) is 2.99. The Morgan fingerprint density at radius 1 is 1.36 bits per heavy atom. The van der Waals surface area contributed by atoms with Crippen molar-refractivity contribution < 1.29 is 9.90 Å². The second-order valence-corrected chi connectivity index (χ2v) is 6.58. The fourth-order valence-corrected chi connectivity index (χ4v) is 3.14. The van der Waals surface area contributed by atoms with Crippen molar-refractivity contribution >= 4 is 29.3 Å². The second-order valence-electron chi connectivity index (χ2n) is 6.18. The Labute approximate surface area is 152 Å². The summed E-state index contributed by atoms with van der Waals surface area (Å²) >= 11 is 6.05. The summed E-state index contributed by atoms with van der Waals surface area (Å²) in [4.78, 5) is 14.1. The number of hydrogen-bond acceptors (Lipinski definition) is 3. The summed E-state index contributed by atoms with van der Waals surface area (Å²) < 4.78 is 0. The Morgan fingerprint density at radius 3 is 2.96 bits per heavy atom. The highest BCUT2D eigenvalue weighted by Gasteiger charge is 2.17. The maximum absolute atomic E-state index is 11.9. The largest absolute Gasteiger partial charge is 0.387 e. The molecule has 1 aliphatic heterocycles. The number of carbonyl (C=O) groups is 1. The fraction of sp³-hybridized carbons (Fsp3) is 0.250. The number of amides is 1. The quantitative estimate of drug-likeness (QED) is 0.809. The number of carbonyl (C=O) groups excluding carboxylic acids is 1. The van der Waals surface area contributed by atoms with Gasteiger partial charge in [-0.3, -0.25) is 4.79 Å². The molecule has 0 radical (unpaired) electrons. The van der Waals surface area contributed by atoms with E-state index in [1.807, 2.05) is 36.4 Å². The van der Waals surface area contributed by atoms with Crippen LogP contribution in [0.15, 0.2) is 48.5 Å². The van der Waals surface area contributed by atoms with E-state index in [1.165, 1.54) is 17.3 Å². The van der Waals surface area contributed by atoms with Crippen molar-refractivity contribution in [2.24, 2.45) is 0 Å². The van der Waals surface area contributed by atoms with Gasteiger partial charge in [0.25, 0.3) is 0 Å². The summed E-state index contributed by atoms with van der Waals surface area (Å²) in [5, 5.41) is 13.6. The van der Waals surface area contributed by atoms with E-state index < -0.39 is 6.10 Å². The molecule has 2 N–H and O–H groups in total. The molecule has 0 fully saturated rings. The third-order valence-corrected chi connectivity index (χ3v) is 4.75. The van der Waals surface area contributed by atoms with Gasteiger partial charge in [-0.1, -0.05) is 41.9 Å². The highest BCUT2D eigenvalue weighted by molar-refractivity contribution is 6.32. The van der Waals surface area contributed by atoms with Crippen LogP contribution in [0.3, 0.4) is 0 Å². The van der Waals surface area contributed by atoms with Gasteiger partial charge in [-0.2, -0.15) is 0 Å². The maximum Gasteiger partial charge on any atom is 0.244 e. The van der Waals surface area contributed by atoms with E-state index in [9.17, 15) is 9.90 Å². The SMILES string of the molecule is CN1CCc2cc(C(O)CNC(=O)/C=C/c3ccccc3Cl)ccc21. The van der Waals surface area contributed by atoms with Gasteiger partial charge in [-0.25, -0.2) is 0 Å². The van der Waals surface area contributed by atoms with E-state index in [2.05, 4.69) is 17.3 Å². The Bertz CT molecular complexity index is 804. The number of hydrogen-bond donors (Lipinski definition) is 2. The molecule has 25 heavy (non-hydrogen) atoms. The standard InChI is InChI=1S/C20H21ClN2O2/c1-23-11-10-15-12-16(6-8-18(15)23)19(24)13-22-20(25)9-7-14-4-2-3-5-17(14)21/h2-9,12,19,24H,10-11,13H2,1H3,(H,22,25)/b9-7+. The molecule has 1 heterocycles. The molecule has 130 valence electrons. The van der Waals surface area contributed by atoms with E-state index in [0.29, 0.717) is 5.02 Å². The lowest BCUT2D eigenvalue weighted by Gasteiger charge is -2.15. The van der Waals surface area contributed by atoms with Gasteiger partial charge in [0.15, 0.2) is 0 Å². The summed E-state index contributed by atoms with van der Waals surface area (Å²) in [7, 11) is 2.06. The predicted octanol–water partition coefficient (Wildman–Crippen LogP) is 3.20. The third-order valence-electron chi connectivity index (χ3n) is 4.41. The fourth-order valence-electron chi connectivity index (χ4n) is 2.94. The molecule has 5 heteroatoms. The van der Waals surface area contributed by atoms with Gasteiger partial charge in [-0.15, -0.1) is 0 Å². The molecule has 0 saturated heterocycles. The number of rotatable bonds is 5. The Kier molecular flexibility index (Phi) is 5.41. The molecule has 4 nitrogen and oxygen atoms in total. The highest BCUT2D eigenvalue weighted by Crippen LogP contribution is 2.29. The Balaban J connectivity index is 1.56. The zero-order valence-corrected chi connectivity index (χ0v) is 14.8. The van der Waals surface area contributed by atoms with Crippen LogP contribution in [-0.4, -0.2) is 31.2 Å². The first-order valence-electron chi connectivity index (χ1n) is 8.27. The van der Waals surface area contributed by atoms with Crippen molar-refractivity contribution in [3.63, 3.8) is 0 Å². The molecular formula is C20H21ClN2O2. The van der Waals surface area contributed by atoms with Gasteiger partial charge in [0.1, 0.15) is 0 Å². The van der Waals surface area contributed by atoms with Crippen LogP contribution in [0.5, 0.6) is 0 Å². The molecular weight excluding hydrogens is 336 g/mol. The monoisotopic (exact) mass is 356 g/mol. The van der Waals surface area contributed by atoms with Gasteiger partial charge < -0.3 is 15.3 Å². The first kappa shape index (κ1) is 17.5. The van der Waals surface area contributed by atoms with Crippen molar-refractivity contribution in [1.82, 2.24) is 5.32 Å². The van der Waals surface area contributed by atoms with Gasteiger partial charge in [0, 0.05) is 36.9 Å². The van der Waals surface area contributed by atoms with Crippen LogP contribution in [0.25, 0.3) is 6.08 Å². The number of benzene rings is 2. The summed E-state index contributed by atoms with van der Waals surface area (Å²) in [6.45, 7) is 1.17. The van der Waals surface area contributed by atoms with E-state index in [-0.39, 0.29) is 12.5 Å². The molecule has 1 atom stereocenters. The molecule has 0 aliphatic carbocycles. The van der Waals surface area contributed by atoms with Crippen LogP contribution in [0.2, 0.25) is 5.02 Å². The number of nitrogens with one attached hydrogen (secondary N) is 1. The normalized spacial score (nSPS) is 14.6. The minimum absolute atomic E-state index is 0.167. The van der Waals surface area contributed by atoms with E-state index in [1.54, 1.807) is 12.1 Å². The van der Waals surface area contributed by atoms with Gasteiger partial charge in [-0.05, 0) is 41.3 Å². The van der Waals surface area contributed by atoms with Crippen molar-refractivity contribution in [1.29, 1.82) is 0 Å². The van der Waals surface area contributed by atoms with Crippen LogP contribution < -0.4 is 10.2 Å². The molecule has 0 spiro atoms. The number of nitrogens with zero attached hydrogens (tertiary/aromatic N) is 1. The molecule has 0 saturated carbocycles. The van der Waals surface area contributed by atoms with E-state index >= 15 is 0 Å². The number of aliphatic hydroxyl groups excluding tert-OH is 1. The van der Waals surface area contributed by atoms with Crippen molar-refractivity contribution in [2.45, 2.75) is 12.5 Å². The van der Waals surface area contributed by atoms with E-state index in [0.717, 1.165) is 24.1 Å². The maximum atomic E-state index is 11.9. The molecule has 0 aromatic heterocycles. The number of halogens is 1. The molecule has 1 unspecified atom stereocenters. The highest BCUT2D eigenvalue weighted by atomic mass is 35.5. The number of likely N-dealkylation sites (N-methyl/N-ethyl adjacent to an activating group) is 1. The van der Waals surface area contributed by atoms with Gasteiger partial charge >= 0.3 is 0 Å². The van der Waals surface area contributed by atoms with Crippen LogP contribution in [0, 0.1) is 0 Å². The minimum Gasteiger partial charge on any atom is -0.387 e. The summed E-state index contributed by atoms with van der Waals surface area (Å²) in [6, 6.07) is 13.3. The van der Waals surface area contributed by atoms with Crippen LogP contribution in [0.4, 0.5) is 5.69 Å². The summed E-state index contributed by atoms with van der Waals surface area (Å²) in [5.74, 6) is -0.264. The minimum atomic E-state index is -0.728. The molecule has 1 aliphatic rings. The number of fused-ring (bicyclic) bond motifs is 1. The lowest BCUT2D eigenvalue weighted by molar-refractivity contribution is -0.116. The smallest absolute Gasteiger partial charge is 0.244 e. The average molecular weight is 357 g/mol. The summed E-state index contributed by atoms with van der Waals surface area (Å²) in [5.41, 5.74) is 4.05. The molecule has 1 amide bonds. The molecule has 2 aromatic carbocycles. The lowest BCUT2D eigenvalue weighted by Crippen LogP contribution is -2.26. The number of aliphatic hydroxyl groups is 1. The molecule has 3 rings (SSSR count). The van der Waals surface area contributed by atoms with Crippen molar-refractivity contribution in [3.8, 4) is 0 Å². The summed E-state index contributed by atoms with van der Waals surface area (Å²) in [6.07, 6.45) is 3.34. The zero-order chi connectivity index (χ0) is 17.8. The first-order valence-corrected chi connectivity index (χ1v) is 8.65. The third kappa shape index (κ3) is 4.21. The lowest BCUT2D eigenvalue weighted by atomic mass is 10.0. The van der Waals surface area contributed by atoms with Crippen molar-refractivity contribution in [2.75, 3.05) is 25.0 Å².